The smallest absolute Gasteiger partial charge is 0.229 e. The van der Waals surface area contributed by atoms with E-state index >= 15 is 0 Å². The lowest BCUT2D eigenvalue weighted by atomic mass is 9.80. The van der Waals surface area contributed by atoms with Crippen LogP contribution in [0, 0.1) is 17.4 Å². The second-order valence-electron chi connectivity index (χ2n) is 6.00. The van der Waals surface area contributed by atoms with Gasteiger partial charge in [-0.1, -0.05) is 43.7 Å². The molecule has 1 aliphatic rings. The number of hydrogen-bond acceptors (Lipinski definition) is 5. The first-order valence-electron chi connectivity index (χ1n) is 6.43. The molecule has 0 aromatic carbocycles. The highest BCUT2D eigenvalue weighted by atomic mass is 35.5. The number of nitriles is 1. The normalized spacial score (nSPS) is 21.8. The van der Waals surface area contributed by atoms with Crippen LogP contribution in [0.15, 0.2) is 0 Å². The van der Waals surface area contributed by atoms with Crippen LogP contribution in [0.5, 0.6) is 0 Å². The van der Waals surface area contributed by atoms with Gasteiger partial charge in [0.1, 0.15) is 5.15 Å². The number of carbonyl (C=O) groups excluding carboxylic acids is 1. The first-order chi connectivity index (χ1) is 9.31. The zero-order valence-corrected chi connectivity index (χ0v) is 13.2. The topological polar surface area (TPSA) is 77.8 Å². The number of nitrogens with one attached hydrogen (secondary N) is 2. The molecule has 0 unspecified atom stereocenters. The fourth-order valence-electron chi connectivity index (χ4n) is 2.07. The van der Waals surface area contributed by atoms with Crippen molar-refractivity contribution in [1.82, 2.24) is 10.3 Å². The summed E-state index contributed by atoms with van der Waals surface area (Å²) in [5.74, 6) is -0.103. The first-order valence-corrected chi connectivity index (χ1v) is 7.63. The highest BCUT2D eigenvalue weighted by Crippen LogP contribution is 2.37. The second-order valence-corrected chi connectivity index (χ2v) is 7.36. The Morgan fingerprint density at radius 3 is 2.65 bits per heavy atom. The molecule has 1 aromatic heterocycles. The average molecular weight is 313 g/mol. The Hall–Kier alpha value is -1.32. The lowest BCUT2D eigenvalue weighted by molar-refractivity contribution is -0.122. The molecule has 20 heavy (non-hydrogen) atoms. The third kappa shape index (κ3) is 3.22. The van der Waals surface area contributed by atoms with Crippen LogP contribution in [0.1, 0.15) is 38.5 Å². The van der Waals surface area contributed by atoms with Crippen molar-refractivity contribution in [3.8, 4) is 6.19 Å². The number of carbonyl (C=O) groups is 1. The van der Waals surface area contributed by atoms with Gasteiger partial charge in [-0.3, -0.25) is 4.79 Å². The van der Waals surface area contributed by atoms with E-state index in [4.69, 9.17) is 16.9 Å². The lowest BCUT2D eigenvalue weighted by Crippen LogP contribution is -2.44. The highest BCUT2D eigenvalue weighted by molar-refractivity contribution is 7.16. The van der Waals surface area contributed by atoms with Crippen LogP contribution in [0.3, 0.4) is 0 Å². The summed E-state index contributed by atoms with van der Waals surface area (Å²) >= 11 is 7.52. The monoisotopic (exact) mass is 312 g/mol. The summed E-state index contributed by atoms with van der Waals surface area (Å²) in [6, 6.07) is 0.126. The maximum absolute atomic E-state index is 12.0. The molecule has 0 spiro atoms. The fourth-order valence-corrected chi connectivity index (χ4v) is 3.52. The molecule has 0 bridgehead atoms. The van der Waals surface area contributed by atoms with Gasteiger partial charge in [-0.25, -0.2) is 4.98 Å². The molecule has 1 amide bonds. The Morgan fingerprint density at radius 1 is 1.50 bits per heavy atom. The quantitative estimate of drug-likeness (QED) is 0.664. The molecule has 0 atom stereocenters. The minimum atomic E-state index is -0.0873. The molecule has 0 aliphatic heterocycles. The summed E-state index contributed by atoms with van der Waals surface area (Å²) < 4.78 is 0. The second kappa shape index (κ2) is 5.58. The molecule has 1 saturated carbocycles. The average Bonchev–Trinajstić information content (AvgIpc) is 2.63. The van der Waals surface area contributed by atoms with E-state index in [2.05, 4.69) is 36.4 Å². The van der Waals surface area contributed by atoms with Gasteiger partial charge in [0, 0.05) is 12.0 Å². The van der Waals surface area contributed by atoms with Crippen LogP contribution >= 0.6 is 22.9 Å². The number of aromatic nitrogens is 1. The minimum absolute atomic E-state index is 0.0492. The standard InChI is InChI=1S/C13H17ClN4OS/c1-13(2,3)9-10(14)17-12(20-9)18-11(19)7-4-8(5-7)16-6-15/h7-8,16H,4-5H2,1-3H3,(H,17,18,19). The van der Waals surface area contributed by atoms with Gasteiger partial charge in [-0.15, -0.1) is 0 Å². The van der Waals surface area contributed by atoms with Crippen LogP contribution < -0.4 is 10.6 Å². The summed E-state index contributed by atoms with van der Waals surface area (Å²) in [6.07, 6.45) is 3.27. The summed E-state index contributed by atoms with van der Waals surface area (Å²) in [5, 5.41) is 15.0. The summed E-state index contributed by atoms with van der Waals surface area (Å²) in [5.41, 5.74) is -0.0873. The number of amides is 1. The van der Waals surface area contributed by atoms with Gasteiger partial charge in [0.05, 0.1) is 4.88 Å². The van der Waals surface area contributed by atoms with Crippen molar-refractivity contribution < 1.29 is 4.79 Å². The Labute approximate surface area is 127 Å². The first kappa shape index (κ1) is 15.1. The number of halogens is 1. The zero-order valence-electron chi connectivity index (χ0n) is 11.7. The summed E-state index contributed by atoms with van der Waals surface area (Å²) in [7, 11) is 0. The molecular weight excluding hydrogens is 296 g/mol. The number of anilines is 1. The van der Waals surface area contributed by atoms with Gasteiger partial charge in [0.2, 0.25) is 5.91 Å². The van der Waals surface area contributed by atoms with Crippen molar-refractivity contribution in [1.29, 1.82) is 5.26 Å². The maximum Gasteiger partial charge on any atom is 0.229 e. The van der Waals surface area contributed by atoms with E-state index in [-0.39, 0.29) is 23.3 Å². The Morgan fingerprint density at radius 2 is 2.15 bits per heavy atom. The molecular formula is C13H17ClN4OS. The lowest BCUT2D eigenvalue weighted by Gasteiger charge is -2.32. The molecule has 1 aliphatic carbocycles. The molecule has 7 heteroatoms. The minimum Gasteiger partial charge on any atom is -0.321 e. The van der Waals surface area contributed by atoms with Gasteiger partial charge >= 0.3 is 0 Å². The van der Waals surface area contributed by atoms with Gasteiger partial charge in [0.25, 0.3) is 0 Å². The van der Waals surface area contributed by atoms with Crippen LogP contribution in [0.25, 0.3) is 0 Å². The van der Waals surface area contributed by atoms with E-state index in [1.54, 1.807) is 0 Å². The van der Waals surface area contributed by atoms with Crippen molar-refractivity contribution >= 4 is 34.0 Å². The molecule has 2 rings (SSSR count). The predicted molar refractivity (Wildman–Crippen MR) is 79.7 cm³/mol. The number of nitrogens with zero attached hydrogens (tertiary/aromatic N) is 2. The van der Waals surface area contributed by atoms with Crippen molar-refractivity contribution in [3.05, 3.63) is 10.0 Å². The molecule has 1 heterocycles. The number of rotatable bonds is 3. The summed E-state index contributed by atoms with van der Waals surface area (Å²) in [6.45, 7) is 6.17. The van der Waals surface area contributed by atoms with Crippen molar-refractivity contribution in [3.63, 3.8) is 0 Å². The molecule has 2 N–H and O–H groups in total. The van der Waals surface area contributed by atoms with Gasteiger partial charge < -0.3 is 10.6 Å². The molecule has 0 radical (unpaired) electrons. The zero-order chi connectivity index (χ0) is 14.9. The number of thiazole rings is 1. The molecule has 5 nitrogen and oxygen atoms in total. The third-order valence-electron chi connectivity index (χ3n) is 3.27. The van der Waals surface area contributed by atoms with E-state index in [1.807, 2.05) is 6.19 Å². The molecule has 108 valence electrons. The van der Waals surface area contributed by atoms with E-state index in [0.29, 0.717) is 23.1 Å². The maximum atomic E-state index is 12.0. The van der Waals surface area contributed by atoms with Crippen molar-refractivity contribution in [2.75, 3.05) is 5.32 Å². The highest BCUT2D eigenvalue weighted by Gasteiger charge is 2.35. The SMILES string of the molecule is CC(C)(C)c1sc(NC(=O)C2CC(NC#N)C2)nc1Cl. The van der Waals surface area contributed by atoms with E-state index in [1.165, 1.54) is 11.3 Å². The van der Waals surface area contributed by atoms with Crippen molar-refractivity contribution in [2.24, 2.45) is 5.92 Å². The molecule has 0 saturated heterocycles. The summed E-state index contributed by atoms with van der Waals surface area (Å²) in [4.78, 5) is 17.2. The predicted octanol–water partition coefficient (Wildman–Crippen LogP) is 2.88. The van der Waals surface area contributed by atoms with Crippen LogP contribution in [-0.4, -0.2) is 16.9 Å². The van der Waals surface area contributed by atoms with Gasteiger partial charge in [-0.2, -0.15) is 5.26 Å². The molecule has 1 fully saturated rings. The van der Waals surface area contributed by atoms with Crippen LogP contribution in [-0.2, 0) is 10.2 Å². The Kier molecular flexibility index (Phi) is 4.21. The number of hydrogen-bond donors (Lipinski definition) is 2. The van der Waals surface area contributed by atoms with Crippen LogP contribution in [0.2, 0.25) is 5.15 Å². The van der Waals surface area contributed by atoms with E-state index in [0.717, 1.165) is 4.88 Å². The van der Waals surface area contributed by atoms with Crippen molar-refractivity contribution in [2.45, 2.75) is 45.1 Å². The van der Waals surface area contributed by atoms with Gasteiger partial charge in [-0.05, 0) is 18.3 Å². The largest absolute Gasteiger partial charge is 0.321 e. The molecule has 1 aromatic rings. The van der Waals surface area contributed by atoms with E-state index in [9.17, 15) is 4.79 Å². The Bertz CT molecular complexity index is 552. The van der Waals surface area contributed by atoms with E-state index < -0.39 is 0 Å². The third-order valence-corrected chi connectivity index (χ3v) is 5.06. The Balaban J connectivity index is 1.95. The van der Waals surface area contributed by atoms with Crippen LogP contribution in [0.4, 0.5) is 5.13 Å². The fraction of sp³-hybridized carbons (Fsp3) is 0.615. The van der Waals surface area contributed by atoms with Gasteiger partial charge in [0.15, 0.2) is 11.3 Å².